The first-order chi connectivity index (χ1) is 7.98. The van der Waals surface area contributed by atoms with Gasteiger partial charge in [-0.15, -0.1) is 5.10 Å². The van der Waals surface area contributed by atoms with Gasteiger partial charge in [0.05, 0.1) is 0 Å². The number of H-pyrrole nitrogens is 1. The highest BCUT2D eigenvalue weighted by Gasteiger charge is 2.30. The first kappa shape index (κ1) is 14.0. The van der Waals surface area contributed by atoms with Gasteiger partial charge in [0.2, 0.25) is 5.16 Å². The van der Waals surface area contributed by atoms with Crippen LogP contribution in [0.15, 0.2) is 5.16 Å². The van der Waals surface area contributed by atoms with Crippen LogP contribution in [-0.4, -0.2) is 44.6 Å². The Morgan fingerprint density at radius 2 is 2.35 bits per heavy atom. The second kappa shape index (κ2) is 6.02. The molecule has 7 heteroatoms. The second-order valence-electron chi connectivity index (χ2n) is 4.04. The minimum atomic E-state index is -0.852. The number of hydrogen-bond donors (Lipinski definition) is 3. The van der Waals surface area contributed by atoms with Crippen molar-refractivity contribution >= 4 is 17.7 Å². The van der Waals surface area contributed by atoms with Crippen molar-refractivity contribution in [1.29, 1.82) is 0 Å². The summed E-state index contributed by atoms with van der Waals surface area (Å²) in [6.45, 7) is 3.54. The van der Waals surface area contributed by atoms with Crippen molar-refractivity contribution in [1.82, 2.24) is 20.5 Å². The Morgan fingerprint density at radius 3 is 2.82 bits per heavy atom. The van der Waals surface area contributed by atoms with Crippen molar-refractivity contribution in [2.75, 3.05) is 12.8 Å². The zero-order valence-electron chi connectivity index (χ0n) is 10.3. The summed E-state index contributed by atoms with van der Waals surface area (Å²) in [5.41, 5.74) is -0.852. The summed E-state index contributed by atoms with van der Waals surface area (Å²) in [4.78, 5) is 15.2. The molecule has 96 valence electrons. The average Bonchev–Trinajstić information content (AvgIpc) is 2.70. The first-order valence-electron chi connectivity index (χ1n) is 5.42. The molecule has 1 aromatic heterocycles. The van der Waals surface area contributed by atoms with E-state index >= 15 is 0 Å². The zero-order valence-corrected chi connectivity index (χ0v) is 11.1. The Bertz CT molecular complexity index is 382. The molecule has 0 spiro atoms. The zero-order chi connectivity index (χ0) is 12.9. The third-order valence-corrected chi connectivity index (χ3v) is 3.59. The molecule has 0 aliphatic rings. The molecule has 17 heavy (non-hydrogen) atoms. The summed E-state index contributed by atoms with van der Waals surface area (Å²) in [5, 5.41) is 19.4. The summed E-state index contributed by atoms with van der Waals surface area (Å²) in [6.07, 6.45) is 1.37. The number of aryl methyl sites for hydroxylation is 1. The smallest absolute Gasteiger partial charge is 0.323 e. The maximum absolute atomic E-state index is 11.0. The van der Waals surface area contributed by atoms with E-state index in [4.69, 9.17) is 5.11 Å². The lowest BCUT2D eigenvalue weighted by atomic mass is 9.97. The van der Waals surface area contributed by atoms with E-state index in [1.807, 2.05) is 6.92 Å². The molecule has 0 saturated carbocycles. The summed E-state index contributed by atoms with van der Waals surface area (Å²) >= 11 is 1.53. The van der Waals surface area contributed by atoms with Crippen LogP contribution >= 0.6 is 11.8 Å². The summed E-state index contributed by atoms with van der Waals surface area (Å²) in [5.74, 6) is 0.777. The predicted octanol–water partition coefficient (Wildman–Crippen LogP) is 1.05. The van der Waals surface area contributed by atoms with Crippen LogP contribution in [0.4, 0.5) is 0 Å². The van der Waals surface area contributed by atoms with Crippen LogP contribution < -0.4 is 5.32 Å². The number of thioether (sulfide) groups is 1. The van der Waals surface area contributed by atoms with Gasteiger partial charge < -0.3 is 10.4 Å². The van der Waals surface area contributed by atoms with Crippen LogP contribution in [0.5, 0.6) is 0 Å². The molecular formula is C10H18N4O2S. The topological polar surface area (TPSA) is 90.9 Å². The maximum atomic E-state index is 11.0. The molecule has 1 unspecified atom stereocenters. The maximum Gasteiger partial charge on any atom is 0.323 e. The van der Waals surface area contributed by atoms with E-state index in [1.165, 1.54) is 11.8 Å². The number of likely N-dealkylation sites (N-methyl/N-ethyl adjacent to an activating group) is 1. The molecule has 6 nitrogen and oxygen atoms in total. The number of nitrogens with zero attached hydrogens (tertiary/aromatic N) is 2. The number of aromatic nitrogens is 3. The molecule has 1 atom stereocenters. The Hall–Kier alpha value is -1.08. The third-order valence-electron chi connectivity index (χ3n) is 2.65. The van der Waals surface area contributed by atoms with E-state index in [0.29, 0.717) is 11.6 Å². The van der Waals surface area contributed by atoms with E-state index in [1.54, 1.807) is 14.0 Å². The van der Waals surface area contributed by atoms with Crippen molar-refractivity contribution in [3.63, 3.8) is 0 Å². The van der Waals surface area contributed by atoms with E-state index in [2.05, 4.69) is 20.5 Å². The van der Waals surface area contributed by atoms with Gasteiger partial charge in [-0.3, -0.25) is 9.89 Å². The number of carboxylic acids is 1. The largest absolute Gasteiger partial charge is 0.480 e. The molecule has 3 N–H and O–H groups in total. The van der Waals surface area contributed by atoms with Crippen molar-refractivity contribution in [3.05, 3.63) is 5.82 Å². The van der Waals surface area contributed by atoms with Gasteiger partial charge in [0, 0.05) is 5.75 Å². The van der Waals surface area contributed by atoms with Gasteiger partial charge in [0.25, 0.3) is 0 Å². The number of carbonyl (C=O) groups is 1. The standard InChI is InChI=1S/C10H18N4O2S/c1-7-12-9(14-13-7)17-6-4-5-10(2,11-3)8(15)16/h11H,4-6H2,1-3H3,(H,15,16)(H,12,13,14). The first-order valence-corrected chi connectivity index (χ1v) is 6.40. The number of carboxylic acid groups (broad SMARTS) is 1. The molecule has 0 saturated heterocycles. The van der Waals surface area contributed by atoms with Gasteiger partial charge in [-0.25, -0.2) is 4.98 Å². The van der Waals surface area contributed by atoms with Crippen molar-refractivity contribution in [2.45, 2.75) is 37.4 Å². The van der Waals surface area contributed by atoms with Gasteiger partial charge in [-0.2, -0.15) is 0 Å². The highest BCUT2D eigenvalue weighted by atomic mass is 32.2. The molecule has 0 radical (unpaired) electrons. The second-order valence-corrected chi connectivity index (χ2v) is 5.10. The molecule has 1 aromatic rings. The Kier molecular flexibility index (Phi) is 4.95. The van der Waals surface area contributed by atoms with Crippen LogP contribution in [0.1, 0.15) is 25.6 Å². The van der Waals surface area contributed by atoms with Crippen LogP contribution in [-0.2, 0) is 4.79 Å². The summed E-state index contributed by atoms with van der Waals surface area (Å²) in [6, 6.07) is 0. The van der Waals surface area contributed by atoms with Crippen LogP contribution in [0, 0.1) is 6.92 Å². The summed E-state index contributed by atoms with van der Waals surface area (Å²) in [7, 11) is 1.67. The van der Waals surface area contributed by atoms with Crippen LogP contribution in [0.25, 0.3) is 0 Å². The molecule has 0 aromatic carbocycles. The Labute approximate surface area is 105 Å². The predicted molar refractivity (Wildman–Crippen MR) is 66.2 cm³/mol. The van der Waals surface area contributed by atoms with Crippen molar-refractivity contribution in [3.8, 4) is 0 Å². The van der Waals surface area contributed by atoms with Crippen molar-refractivity contribution in [2.24, 2.45) is 0 Å². The molecule has 1 heterocycles. The quantitative estimate of drug-likeness (QED) is 0.500. The molecule has 0 bridgehead atoms. The Morgan fingerprint density at radius 1 is 1.65 bits per heavy atom. The normalized spacial score (nSPS) is 14.5. The number of rotatable bonds is 7. The fourth-order valence-electron chi connectivity index (χ4n) is 1.31. The summed E-state index contributed by atoms with van der Waals surface area (Å²) < 4.78 is 0. The molecular weight excluding hydrogens is 240 g/mol. The Balaban J connectivity index is 2.30. The molecule has 1 rings (SSSR count). The minimum Gasteiger partial charge on any atom is -0.480 e. The highest BCUT2D eigenvalue weighted by molar-refractivity contribution is 7.99. The van der Waals surface area contributed by atoms with Crippen LogP contribution in [0.2, 0.25) is 0 Å². The number of aromatic amines is 1. The van der Waals surface area contributed by atoms with Crippen molar-refractivity contribution < 1.29 is 9.90 Å². The SMILES string of the molecule is CNC(C)(CCCSc1n[nH]c(C)n1)C(=O)O. The van der Waals surface area contributed by atoms with E-state index in [9.17, 15) is 4.79 Å². The molecule has 0 aliphatic carbocycles. The minimum absolute atomic E-state index is 0.579. The van der Waals surface area contributed by atoms with E-state index in [0.717, 1.165) is 18.0 Å². The van der Waals surface area contributed by atoms with Gasteiger partial charge >= 0.3 is 5.97 Å². The number of hydrogen-bond acceptors (Lipinski definition) is 5. The van der Waals surface area contributed by atoms with Gasteiger partial charge in [-0.1, -0.05) is 11.8 Å². The van der Waals surface area contributed by atoms with Crippen LogP contribution in [0.3, 0.4) is 0 Å². The van der Waals surface area contributed by atoms with E-state index in [-0.39, 0.29) is 0 Å². The van der Waals surface area contributed by atoms with Gasteiger partial charge in [0.15, 0.2) is 0 Å². The molecule has 0 amide bonds. The lowest BCUT2D eigenvalue weighted by Gasteiger charge is -2.23. The van der Waals surface area contributed by atoms with Gasteiger partial charge in [-0.05, 0) is 33.7 Å². The number of nitrogens with one attached hydrogen (secondary N) is 2. The molecule has 0 aliphatic heterocycles. The lowest BCUT2D eigenvalue weighted by molar-refractivity contribution is -0.144. The lowest BCUT2D eigenvalue weighted by Crippen LogP contribution is -2.47. The molecule has 0 fully saturated rings. The average molecular weight is 258 g/mol. The highest BCUT2D eigenvalue weighted by Crippen LogP contribution is 2.18. The fraction of sp³-hybridized carbons (Fsp3) is 0.700. The fourth-order valence-corrected chi connectivity index (χ4v) is 2.10. The number of aliphatic carboxylic acids is 1. The third kappa shape index (κ3) is 4.01. The monoisotopic (exact) mass is 258 g/mol. The van der Waals surface area contributed by atoms with E-state index < -0.39 is 11.5 Å². The van der Waals surface area contributed by atoms with Gasteiger partial charge in [0.1, 0.15) is 11.4 Å².